The van der Waals surface area contributed by atoms with Crippen LogP contribution in [0.15, 0.2) is 17.5 Å². The molecule has 0 radical (unpaired) electrons. The van der Waals surface area contributed by atoms with Crippen LogP contribution in [0.25, 0.3) is 0 Å². The molecule has 0 atom stereocenters. The topological polar surface area (TPSA) is 67.2 Å². The Balaban J connectivity index is 1.84. The molecule has 2 aromatic rings. The fourth-order valence-electron chi connectivity index (χ4n) is 2.77. The number of carbonyl (C=O) groups is 2. The molecular weight excluding hydrogens is 336 g/mol. The lowest BCUT2D eigenvalue weighted by molar-refractivity contribution is -0.135. The summed E-state index contributed by atoms with van der Waals surface area (Å²) >= 11 is 1.60. The van der Waals surface area contributed by atoms with Crippen molar-refractivity contribution >= 4 is 23.2 Å². The first-order valence-corrected chi connectivity index (χ1v) is 9.36. The Morgan fingerprint density at radius 2 is 2.12 bits per heavy atom. The van der Waals surface area contributed by atoms with Crippen LogP contribution in [0, 0.1) is 13.8 Å². The summed E-state index contributed by atoms with van der Waals surface area (Å²) in [6.45, 7) is 7.00. The maximum absolute atomic E-state index is 12.5. The predicted molar refractivity (Wildman–Crippen MR) is 99.4 cm³/mol. The fraction of sp³-hybridized carbons (Fsp3) is 0.500. The molecule has 0 fully saturated rings. The van der Waals surface area contributed by atoms with Crippen LogP contribution in [0.1, 0.15) is 35.2 Å². The van der Waals surface area contributed by atoms with Gasteiger partial charge < -0.3 is 10.2 Å². The number of thiophene rings is 1. The van der Waals surface area contributed by atoms with Crippen LogP contribution < -0.4 is 5.32 Å². The lowest BCUT2D eigenvalue weighted by Gasteiger charge is -2.20. The van der Waals surface area contributed by atoms with Gasteiger partial charge in [0.1, 0.15) is 0 Å². The second kappa shape index (κ2) is 8.80. The summed E-state index contributed by atoms with van der Waals surface area (Å²) < 4.78 is 1.84. The quantitative estimate of drug-likeness (QED) is 0.783. The second-order valence-corrected chi connectivity index (χ2v) is 7.07. The van der Waals surface area contributed by atoms with E-state index in [1.165, 1.54) is 0 Å². The highest BCUT2D eigenvalue weighted by molar-refractivity contribution is 7.09. The van der Waals surface area contributed by atoms with Crippen LogP contribution in [0.5, 0.6) is 0 Å². The highest BCUT2D eigenvalue weighted by atomic mass is 32.1. The Kier molecular flexibility index (Phi) is 6.75. The summed E-state index contributed by atoms with van der Waals surface area (Å²) in [6.07, 6.45) is 1.04. The van der Waals surface area contributed by atoms with E-state index in [0.29, 0.717) is 25.9 Å². The Bertz CT molecular complexity index is 722. The van der Waals surface area contributed by atoms with E-state index < -0.39 is 0 Å². The van der Waals surface area contributed by atoms with Crippen molar-refractivity contribution < 1.29 is 9.59 Å². The molecule has 0 spiro atoms. The van der Waals surface area contributed by atoms with Gasteiger partial charge >= 0.3 is 0 Å². The third-order valence-electron chi connectivity index (χ3n) is 4.36. The molecule has 0 saturated carbocycles. The highest BCUT2D eigenvalue weighted by Gasteiger charge is 2.17. The highest BCUT2D eigenvalue weighted by Crippen LogP contribution is 2.14. The molecule has 0 bridgehead atoms. The zero-order valence-corrected chi connectivity index (χ0v) is 16.2. The summed E-state index contributed by atoms with van der Waals surface area (Å²) in [6, 6.07) is 3.93. The van der Waals surface area contributed by atoms with Crippen molar-refractivity contribution in [1.82, 2.24) is 20.0 Å². The Hall–Kier alpha value is -2.15. The summed E-state index contributed by atoms with van der Waals surface area (Å²) in [5, 5.41) is 9.22. The first-order valence-electron chi connectivity index (χ1n) is 8.48. The van der Waals surface area contributed by atoms with Crippen LogP contribution in [0.2, 0.25) is 0 Å². The molecular formula is C18H26N4O2S. The predicted octanol–water partition coefficient (Wildman–Crippen LogP) is 2.20. The summed E-state index contributed by atoms with van der Waals surface area (Å²) in [7, 11) is 1.91. The molecule has 2 amide bonds. The van der Waals surface area contributed by atoms with Crippen molar-refractivity contribution in [2.45, 2.75) is 40.2 Å². The van der Waals surface area contributed by atoms with Crippen molar-refractivity contribution in [3.05, 3.63) is 39.3 Å². The van der Waals surface area contributed by atoms with Crippen LogP contribution in [0.4, 0.5) is 0 Å². The average Bonchev–Trinajstić information content (AvgIpc) is 3.18. The van der Waals surface area contributed by atoms with Gasteiger partial charge in [-0.05, 0) is 44.2 Å². The molecule has 2 rings (SSSR count). The standard InChI is InChI=1S/C18H26N4O2S/c1-5-22(12-17(23)19-11-15-7-6-10-25-15)18(24)9-8-16-13(2)20-21(4)14(16)3/h6-7,10H,5,8-9,11-12H2,1-4H3,(H,19,23). The number of likely N-dealkylation sites (N-methyl/N-ethyl adjacent to an activating group) is 1. The fourth-order valence-corrected chi connectivity index (χ4v) is 3.42. The van der Waals surface area contributed by atoms with E-state index in [9.17, 15) is 9.59 Å². The maximum Gasteiger partial charge on any atom is 0.239 e. The van der Waals surface area contributed by atoms with E-state index in [-0.39, 0.29) is 18.4 Å². The number of hydrogen-bond donors (Lipinski definition) is 1. The molecule has 1 N–H and O–H groups in total. The first-order chi connectivity index (χ1) is 11.9. The van der Waals surface area contributed by atoms with Crippen molar-refractivity contribution in [3.8, 4) is 0 Å². The largest absolute Gasteiger partial charge is 0.350 e. The minimum absolute atomic E-state index is 0.00331. The molecule has 25 heavy (non-hydrogen) atoms. The van der Waals surface area contributed by atoms with E-state index in [0.717, 1.165) is 21.8 Å². The molecule has 0 aliphatic rings. The normalized spacial score (nSPS) is 10.7. The SMILES string of the molecule is CCN(CC(=O)NCc1cccs1)C(=O)CCc1c(C)nn(C)c1C. The van der Waals surface area contributed by atoms with E-state index in [1.54, 1.807) is 16.2 Å². The van der Waals surface area contributed by atoms with E-state index in [2.05, 4.69) is 10.4 Å². The summed E-state index contributed by atoms with van der Waals surface area (Å²) in [5.74, 6) is -0.131. The molecule has 0 unspecified atom stereocenters. The minimum atomic E-state index is -0.127. The van der Waals surface area contributed by atoms with Gasteiger partial charge in [0.2, 0.25) is 11.8 Å². The minimum Gasteiger partial charge on any atom is -0.350 e. The van der Waals surface area contributed by atoms with E-state index in [4.69, 9.17) is 0 Å². The van der Waals surface area contributed by atoms with Gasteiger partial charge in [0, 0.05) is 30.6 Å². The number of rotatable bonds is 8. The van der Waals surface area contributed by atoms with Gasteiger partial charge in [-0.3, -0.25) is 14.3 Å². The second-order valence-electron chi connectivity index (χ2n) is 6.04. The average molecular weight is 362 g/mol. The maximum atomic E-state index is 12.5. The van der Waals surface area contributed by atoms with Gasteiger partial charge in [-0.15, -0.1) is 11.3 Å². The molecule has 6 nitrogen and oxygen atoms in total. The van der Waals surface area contributed by atoms with Crippen molar-refractivity contribution in [3.63, 3.8) is 0 Å². The zero-order chi connectivity index (χ0) is 18.4. The lowest BCUT2D eigenvalue weighted by Crippen LogP contribution is -2.40. The van der Waals surface area contributed by atoms with Gasteiger partial charge in [-0.25, -0.2) is 0 Å². The number of amides is 2. The summed E-state index contributed by atoms with van der Waals surface area (Å²) in [5.41, 5.74) is 3.17. The Morgan fingerprint density at radius 3 is 2.68 bits per heavy atom. The van der Waals surface area contributed by atoms with E-state index >= 15 is 0 Å². The zero-order valence-electron chi connectivity index (χ0n) is 15.3. The van der Waals surface area contributed by atoms with Crippen LogP contribution in [0.3, 0.4) is 0 Å². The summed E-state index contributed by atoms with van der Waals surface area (Å²) in [4.78, 5) is 27.3. The van der Waals surface area contributed by atoms with Crippen molar-refractivity contribution in [2.24, 2.45) is 7.05 Å². The van der Waals surface area contributed by atoms with Crippen LogP contribution in [-0.2, 0) is 29.6 Å². The Morgan fingerprint density at radius 1 is 1.36 bits per heavy atom. The third-order valence-corrected chi connectivity index (χ3v) is 5.23. The van der Waals surface area contributed by atoms with E-state index in [1.807, 2.05) is 50.0 Å². The van der Waals surface area contributed by atoms with Gasteiger partial charge in [0.15, 0.2) is 0 Å². The van der Waals surface area contributed by atoms with Crippen LogP contribution in [-0.4, -0.2) is 39.6 Å². The van der Waals surface area contributed by atoms with Crippen molar-refractivity contribution in [2.75, 3.05) is 13.1 Å². The number of aryl methyl sites for hydroxylation is 2. The van der Waals surface area contributed by atoms with Gasteiger partial charge in [-0.1, -0.05) is 6.07 Å². The molecule has 2 heterocycles. The van der Waals surface area contributed by atoms with Gasteiger partial charge in [0.25, 0.3) is 0 Å². The molecule has 0 aromatic carbocycles. The molecule has 0 aliphatic heterocycles. The number of carbonyl (C=O) groups excluding carboxylic acids is 2. The third kappa shape index (κ3) is 5.16. The van der Waals surface area contributed by atoms with Crippen LogP contribution >= 0.6 is 11.3 Å². The molecule has 7 heteroatoms. The number of aromatic nitrogens is 2. The molecule has 136 valence electrons. The Labute approximate surface area is 152 Å². The number of nitrogens with zero attached hydrogens (tertiary/aromatic N) is 3. The molecule has 0 aliphatic carbocycles. The van der Waals surface area contributed by atoms with Gasteiger partial charge in [0.05, 0.1) is 18.8 Å². The first kappa shape index (κ1) is 19.2. The smallest absolute Gasteiger partial charge is 0.239 e. The van der Waals surface area contributed by atoms with Gasteiger partial charge in [-0.2, -0.15) is 5.10 Å². The molecule has 0 saturated heterocycles. The number of hydrogen-bond acceptors (Lipinski definition) is 4. The molecule has 2 aromatic heterocycles. The lowest BCUT2D eigenvalue weighted by atomic mass is 10.1. The number of nitrogens with one attached hydrogen (secondary N) is 1. The monoisotopic (exact) mass is 362 g/mol. The van der Waals surface area contributed by atoms with Crippen molar-refractivity contribution in [1.29, 1.82) is 0 Å².